The first-order valence-electron chi connectivity index (χ1n) is 11.5. The second kappa shape index (κ2) is 9.89. The molecule has 1 aliphatic rings. The maximum absolute atomic E-state index is 13.2. The number of allylic oxidation sites excluding steroid dienone is 1. The molecule has 35 heavy (non-hydrogen) atoms. The first kappa shape index (κ1) is 23.1. The van der Waals surface area contributed by atoms with Crippen LogP contribution < -0.4 is 15.6 Å². The maximum Gasteiger partial charge on any atom is 0.278 e. The Bertz CT molecular complexity index is 1410. The predicted octanol–water partition coefficient (Wildman–Crippen LogP) is 4.03. The van der Waals surface area contributed by atoms with Crippen molar-refractivity contribution in [2.45, 2.75) is 25.5 Å². The number of likely N-dealkylation sites (tertiary alicyclic amines) is 1. The summed E-state index contributed by atoms with van der Waals surface area (Å²) in [6.07, 6.45) is 5.20. The summed E-state index contributed by atoms with van der Waals surface area (Å²) in [5.41, 5.74) is 0.994. The minimum atomic E-state index is -0.221. The quantitative estimate of drug-likeness (QED) is 0.390. The smallest absolute Gasteiger partial charge is 0.278 e. The lowest BCUT2D eigenvalue weighted by Gasteiger charge is -2.29. The van der Waals surface area contributed by atoms with Crippen molar-refractivity contribution in [1.82, 2.24) is 29.2 Å². The van der Waals surface area contributed by atoms with Gasteiger partial charge < -0.3 is 15.0 Å². The van der Waals surface area contributed by atoms with Gasteiger partial charge in [-0.05, 0) is 50.2 Å². The van der Waals surface area contributed by atoms with Crippen LogP contribution in [0.15, 0.2) is 66.1 Å². The average Bonchev–Trinajstić information content (AvgIpc) is 3.13. The zero-order valence-electron chi connectivity index (χ0n) is 19.4. The van der Waals surface area contributed by atoms with Crippen LogP contribution in [-0.2, 0) is 6.54 Å². The van der Waals surface area contributed by atoms with Gasteiger partial charge >= 0.3 is 0 Å². The van der Waals surface area contributed by atoms with E-state index < -0.39 is 0 Å². The molecule has 1 aliphatic heterocycles. The third-order valence-corrected chi connectivity index (χ3v) is 6.21. The molecule has 10 heteroatoms. The van der Waals surface area contributed by atoms with Gasteiger partial charge in [-0.15, -0.1) is 6.58 Å². The molecule has 0 atom stereocenters. The number of hydrogen-bond donors (Lipinski definition) is 1. The third-order valence-electron chi connectivity index (χ3n) is 5.96. The van der Waals surface area contributed by atoms with E-state index >= 15 is 0 Å². The summed E-state index contributed by atoms with van der Waals surface area (Å²) in [7, 11) is 2.11. The van der Waals surface area contributed by atoms with Crippen LogP contribution in [0, 0.1) is 0 Å². The van der Waals surface area contributed by atoms with Crippen molar-refractivity contribution in [3.05, 3.63) is 76.7 Å². The highest BCUT2D eigenvalue weighted by atomic mass is 35.5. The molecule has 1 fully saturated rings. The summed E-state index contributed by atoms with van der Waals surface area (Å²) < 4.78 is 9.41. The number of nitrogens with one attached hydrogen (secondary N) is 1. The van der Waals surface area contributed by atoms with Crippen LogP contribution in [0.5, 0.6) is 5.88 Å². The number of benzene rings is 1. The summed E-state index contributed by atoms with van der Waals surface area (Å²) in [5, 5.41) is 4.18. The summed E-state index contributed by atoms with van der Waals surface area (Å²) in [6, 6.07) is 12.8. The van der Waals surface area contributed by atoms with Gasteiger partial charge in [0, 0.05) is 36.1 Å². The van der Waals surface area contributed by atoms with Gasteiger partial charge in [-0.25, -0.2) is 14.3 Å². The molecule has 0 bridgehead atoms. The second-order valence-electron chi connectivity index (χ2n) is 8.51. The van der Waals surface area contributed by atoms with Crippen LogP contribution in [0.3, 0.4) is 0 Å². The van der Waals surface area contributed by atoms with Crippen molar-refractivity contribution in [3.8, 4) is 11.7 Å². The van der Waals surface area contributed by atoms with Crippen LogP contribution in [0.25, 0.3) is 16.9 Å². The minimum Gasteiger partial charge on any atom is -0.474 e. The molecule has 4 aromatic rings. The van der Waals surface area contributed by atoms with Crippen LogP contribution in [0.2, 0.25) is 5.02 Å². The molecule has 4 heterocycles. The molecule has 3 aromatic heterocycles. The van der Waals surface area contributed by atoms with Crippen molar-refractivity contribution in [3.63, 3.8) is 0 Å². The molecule has 9 nitrogen and oxygen atoms in total. The molecule has 0 amide bonds. The molecule has 1 aromatic carbocycles. The molecule has 180 valence electrons. The zero-order chi connectivity index (χ0) is 24.4. The molecular formula is C25H26ClN7O2. The Morgan fingerprint density at radius 2 is 1.94 bits per heavy atom. The lowest BCUT2D eigenvalue weighted by atomic mass is 10.1. The van der Waals surface area contributed by atoms with E-state index in [1.165, 1.54) is 6.20 Å². The summed E-state index contributed by atoms with van der Waals surface area (Å²) in [5.74, 6) is 1.40. The summed E-state index contributed by atoms with van der Waals surface area (Å²) in [6.45, 7) is 6.07. The van der Waals surface area contributed by atoms with Gasteiger partial charge in [-0.1, -0.05) is 23.7 Å². The Kier molecular flexibility index (Phi) is 6.52. The van der Waals surface area contributed by atoms with Crippen LogP contribution in [0.4, 0.5) is 11.6 Å². The lowest BCUT2D eigenvalue weighted by Crippen LogP contribution is -2.35. The van der Waals surface area contributed by atoms with E-state index in [2.05, 4.69) is 33.8 Å². The standard InChI is InChI=1S/C25H26ClN7O2/c1-3-13-32-24(34)20-16-27-25(28-18-9-7-17(26)8-10-18)30-23(20)33(32)21-5-4-6-22(29-21)35-19-11-14-31(2)15-12-19/h3-10,16,19H,1,11-15H2,2H3,(H,27,28,30). The molecule has 0 spiro atoms. The highest BCUT2D eigenvalue weighted by Gasteiger charge is 2.21. The van der Waals surface area contributed by atoms with E-state index in [-0.39, 0.29) is 18.2 Å². The van der Waals surface area contributed by atoms with Crippen LogP contribution in [-0.4, -0.2) is 55.5 Å². The van der Waals surface area contributed by atoms with Gasteiger partial charge in [-0.3, -0.25) is 4.79 Å². The fraction of sp³-hybridized carbons (Fsp3) is 0.280. The predicted molar refractivity (Wildman–Crippen MR) is 137 cm³/mol. The lowest BCUT2D eigenvalue weighted by molar-refractivity contribution is 0.110. The number of rotatable bonds is 7. The van der Waals surface area contributed by atoms with Crippen molar-refractivity contribution in [2.75, 3.05) is 25.5 Å². The van der Waals surface area contributed by atoms with Crippen molar-refractivity contribution < 1.29 is 4.74 Å². The van der Waals surface area contributed by atoms with Gasteiger partial charge in [0.25, 0.3) is 5.56 Å². The molecule has 5 rings (SSSR count). The molecule has 0 unspecified atom stereocenters. The molecule has 0 radical (unpaired) electrons. The van der Waals surface area contributed by atoms with Gasteiger partial charge in [0.15, 0.2) is 11.5 Å². The van der Waals surface area contributed by atoms with E-state index in [9.17, 15) is 4.79 Å². The van der Waals surface area contributed by atoms with E-state index in [4.69, 9.17) is 21.3 Å². The van der Waals surface area contributed by atoms with E-state index in [0.29, 0.717) is 33.7 Å². The van der Waals surface area contributed by atoms with Crippen molar-refractivity contribution in [1.29, 1.82) is 0 Å². The average molecular weight is 492 g/mol. The molecule has 0 saturated carbocycles. The largest absolute Gasteiger partial charge is 0.474 e. The number of halogens is 1. The molecule has 1 N–H and O–H groups in total. The Hall–Kier alpha value is -3.69. The third kappa shape index (κ3) is 4.91. The number of fused-ring (bicyclic) bond motifs is 1. The number of ether oxygens (including phenoxy) is 1. The van der Waals surface area contributed by atoms with Crippen LogP contribution in [0.1, 0.15) is 12.8 Å². The number of hydrogen-bond acceptors (Lipinski definition) is 7. The topological polar surface area (TPSA) is 90.1 Å². The highest BCUT2D eigenvalue weighted by Crippen LogP contribution is 2.22. The normalized spacial score (nSPS) is 14.8. The summed E-state index contributed by atoms with van der Waals surface area (Å²) >= 11 is 5.98. The number of nitrogens with zero attached hydrogens (tertiary/aromatic N) is 6. The van der Waals surface area contributed by atoms with E-state index in [0.717, 1.165) is 31.6 Å². The minimum absolute atomic E-state index is 0.114. The van der Waals surface area contributed by atoms with Crippen LogP contribution >= 0.6 is 11.6 Å². The van der Waals surface area contributed by atoms with E-state index in [1.54, 1.807) is 27.6 Å². The Morgan fingerprint density at radius 3 is 2.69 bits per heavy atom. The highest BCUT2D eigenvalue weighted by molar-refractivity contribution is 6.30. The SMILES string of the molecule is C=CCn1c(=O)c2cnc(Nc3ccc(Cl)cc3)nc2n1-c1cccc(OC2CCN(C)CC2)n1. The Labute approximate surface area is 207 Å². The van der Waals surface area contributed by atoms with Crippen molar-refractivity contribution in [2.24, 2.45) is 0 Å². The maximum atomic E-state index is 13.2. The first-order chi connectivity index (χ1) is 17.0. The fourth-order valence-electron chi connectivity index (χ4n) is 4.13. The number of pyridine rings is 1. The zero-order valence-corrected chi connectivity index (χ0v) is 20.1. The number of piperidine rings is 1. The van der Waals surface area contributed by atoms with Crippen molar-refractivity contribution >= 4 is 34.3 Å². The monoisotopic (exact) mass is 491 g/mol. The Morgan fingerprint density at radius 1 is 1.17 bits per heavy atom. The fourth-order valence-corrected chi connectivity index (χ4v) is 4.26. The molecule has 0 aliphatic carbocycles. The number of aromatic nitrogens is 5. The van der Waals surface area contributed by atoms with E-state index in [1.807, 2.05) is 30.3 Å². The Balaban J connectivity index is 1.53. The van der Waals surface area contributed by atoms with Gasteiger partial charge in [0.1, 0.15) is 11.5 Å². The van der Waals surface area contributed by atoms with Gasteiger partial charge in [-0.2, -0.15) is 9.97 Å². The molecule has 1 saturated heterocycles. The first-order valence-corrected chi connectivity index (χ1v) is 11.8. The van der Waals surface area contributed by atoms with Gasteiger partial charge in [0.05, 0.1) is 6.54 Å². The van der Waals surface area contributed by atoms with Gasteiger partial charge in [0.2, 0.25) is 11.8 Å². The second-order valence-corrected chi connectivity index (χ2v) is 8.94. The molecular weight excluding hydrogens is 466 g/mol. The number of anilines is 2. The summed E-state index contributed by atoms with van der Waals surface area (Å²) in [4.78, 5) is 29.2.